The Morgan fingerprint density at radius 3 is 1.78 bits per heavy atom. The van der Waals surface area contributed by atoms with E-state index < -0.39 is 0 Å². The summed E-state index contributed by atoms with van der Waals surface area (Å²) in [4.78, 5) is 0. The van der Waals surface area contributed by atoms with Crippen molar-refractivity contribution in [1.82, 2.24) is 9.13 Å². The third kappa shape index (κ3) is 3.88. The fourth-order valence-electron chi connectivity index (χ4n) is 8.05. The van der Waals surface area contributed by atoms with E-state index in [1.807, 2.05) is 11.3 Å². The standard InChI is InChI=1S/C46H28N2S/c1-3-13-33(14-4-1)47-40-24-23-37-36-17-9-10-18-44(36)49-46(37)45(40)39-27-38-35-22-21-32(31-20-19-29-11-7-8-12-30(29)25-31)26-41(35)48(42(38)28-43(39)47)34-15-5-2-6-16-34/h1-28H. The Hall–Kier alpha value is -6.16. The van der Waals surface area contributed by atoms with Crippen molar-refractivity contribution >= 4 is 85.9 Å². The van der Waals surface area contributed by atoms with E-state index in [0.717, 1.165) is 5.69 Å². The maximum absolute atomic E-state index is 2.47. The van der Waals surface area contributed by atoms with E-state index in [4.69, 9.17) is 0 Å². The van der Waals surface area contributed by atoms with Crippen LogP contribution in [0.3, 0.4) is 0 Å². The summed E-state index contributed by atoms with van der Waals surface area (Å²) in [6.07, 6.45) is 0. The molecule has 2 nitrogen and oxygen atoms in total. The van der Waals surface area contributed by atoms with E-state index in [2.05, 4.69) is 179 Å². The van der Waals surface area contributed by atoms with Crippen LogP contribution in [-0.2, 0) is 0 Å². The van der Waals surface area contributed by atoms with Crippen LogP contribution < -0.4 is 0 Å². The Bertz CT molecular complexity index is 3090. The fraction of sp³-hybridized carbons (Fsp3) is 0. The number of nitrogens with zero attached hydrogens (tertiary/aromatic N) is 2. The molecule has 11 rings (SSSR count). The molecule has 0 radical (unpaired) electrons. The van der Waals surface area contributed by atoms with Gasteiger partial charge in [0.25, 0.3) is 0 Å². The minimum absolute atomic E-state index is 1.16. The number of fused-ring (bicyclic) bond motifs is 11. The van der Waals surface area contributed by atoms with Crippen molar-refractivity contribution in [3.8, 4) is 22.5 Å². The van der Waals surface area contributed by atoms with Gasteiger partial charge in [-0.3, -0.25) is 0 Å². The van der Waals surface area contributed by atoms with Crippen molar-refractivity contribution < 1.29 is 0 Å². The van der Waals surface area contributed by atoms with Crippen LogP contribution in [-0.4, -0.2) is 9.13 Å². The minimum Gasteiger partial charge on any atom is -0.309 e. The van der Waals surface area contributed by atoms with Crippen molar-refractivity contribution in [2.24, 2.45) is 0 Å². The lowest BCUT2D eigenvalue weighted by Crippen LogP contribution is -1.95. The number of hydrogen-bond donors (Lipinski definition) is 0. The molecule has 0 spiro atoms. The van der Waals surface area contributed by atoms with Gasteiger partial charge in [0.05, 0.1) is 22.1 Å². The van der Waals surface area contributed by atoms with Crippen molar-refractivity contribution in [2.45, 2.75) is 0 Å². The zero-order chi connectivity index (χ0) is 32.1. The summed E-state index contributed by atoms with van der Waals surface area (Å²) in [5.41, 5.74) is 9.64. The topological polar surface area (TPSA) is 9.86 Å². The third-order valence-electron chi connectivity index (χ3n) is 10.3. The van der Waals surface area contributed by atoms with Gasteiger partial charge in [-0.1, -0.05) is 109 Å². The van der Waals surface area contributed by atoms with Gasteiger partial charge in [-0.2, -0.15) is 0 Å². The molecule has 0 bridgehead atoms. The molecule has 3 heterocycles. The quantitative estimate of drug-likeness (QED) is 0.182. The zero-order valence-electron chi connectivity index (χ0n) is 26.5. The molecule has 0 saturated carbocycles. The first-order valence-electron chi connectivity index (χ1n) is 16.8. The predicted molar refractivity (Wildman–Crippen MR) is 211 cm³/mol. The summed E-state index contributed by atoms with van der Waals surface area (Å²) in [5, 5.41) is 10.3. The summed E-state index contributed by atoms with van der Waals surface area (Å²) < 4.78 is 7.59. The summed E-state index contributed by atoms with van der Waals surface area (Å²) in [5.74, 6) is 0. The summed E-state index contributed by atoms with van der Waals surface area (Å²) in [6, 6.07) is 62.4. The second-order valence-electron chi connectivity index (χ2n) is 13.0. The largest absolute Gasteiger partial charge is 0.309 e. The normalized spacial score (nSPS) is 12.1. The van der Waals surface area contributed by atoms with Gasteiger partial charge in [0, 0.05) is 53.1 Å². The highest BCUT2D eigenvalue weighted by Gasteiger charge is 2.21. The lowest BCUT2D eigenvalue weighted by molar-refractivity contribution is 1.16. The molecule has 0 saturated heterocycles. The Morgan fingerprint density at radius 1 is 0.347 bits per heavy atom. The van der Waals surface area contributed by atoms with Crippen LogP contribution in [0, 0.1) is 0 Å². The van der Waals surface area contributed by atoms with Crippen molar-refractivity contribution in [2.75, 3.05) is 0 Å². The van der Waals surface area contributed by atoms with Crippen LogP contribution >= 0.6 is 11.3 Å². The van der Waals surface area contributed by atoms with Crippen LogP contribution in [0.1, 0.15) is 0 Å². The van der Waals surface area contributed by atoms with E-state index in [0.29, 0.717) is 0 Å². The molecule has 0 aliphatic rings. The highest BCUT2D eigenvalue weighted by Crippen LogP contribution is 2.46. The summed E-state index contributed by atoms with van der Waals surface area (Å²) in [6.45, 7) is 0. The fourth-order valence-corrected chi connectivity index (χ4v) is 9.31. The van der Waals surface area contributed by atoms with E-state index in [9.17, 15) is 0 Å². The third-order valence-corrected chi connectivity index (χ3v) is 11.5. The Kier molecular flexibility index (Phi) is 5.57. The Balaban J connectivity index is 1.28. The lowest BCUT2D eigenvalue weighted by Gasteiger charge is -2.10. The molecule has 0 N–H and O–H groups in total. The van der Waals surface area contributed by atoms with Crippen molar-refractivity contribution in [1.29, 1.82) is 0 Å². The lowest BCUT2D eigenvalue weighted by atomic mass is 10.00. The average Bonchev–Trinajstić information content (AvgIpc) is 3.81. The van der Waals surface area contributed by atoms with Crippen LogP contribution in [0.2, 0.25) is 0 Å². The molecule has 0 amide bonds. The van der Waals surface area contributed by atoms with Crippen molar-refractivity contribution in [3.05, 3.63) is 170 Å². The van der Waals surface area contributed by atoms with E-state index in [1.165, 1.54) is 91.4 Å². The van der Waals surface area contributed by atoms with Crippen molar-refractivity contribution in [3.63, 3.8) is 0 Å². The molecular weight excluding hydrogens is 613 g/mol. The number of thiophene rings is 1. The molecule has 8 aromatic carbocycles. The number of rotatable bonds is 3. The number of benzene rings is 8. The molecule has 0 unspecified atom stereocenters. The number of para-hydroxylation sites is 2. The molecule has 49 heavy (non-hydrogen) atoms. The van der Waals surface area contributed by atoms with Gasteiger partial charge >= 0.3 is 0 Å². The molecule has 11 aromatic rings. The number of aromatic nitrogens is 2. The first kappa shape index (κ1) is 26.9. The summed E-state index contributed by atoms with van der Waals surface area (Å²) >= 11 is 1.91. The molecular formula is C46H28N2S. The molecule has 0 aliphatic heterocycles. The predicted octanol–water partition coefficient (Wildman–Crippen LogP) is 13.1. The second-order valence-corrected chi connectivity index (χ2v) is 14.0. The molecule has 0 atom stereocenters. The Labute approximate surface area is 286 Å². The maximum Gasteiger partial charge on any atom is 0.0562 e. The van der Waals surface area contributed by atoms with Gasteiger partial charge in [0.1, 0.15) is 0 Å². The minimum atomic E-state index is 1.16. The number of hydrogen-bond acceptors (Lipinski definition) is 1. The van der Waals surface area contributed by atoms with E-state index >= 15 is 0 Å². The SMILES string of the molecule is c1ccc(-n2c3cc(-c4ccc5ccccc5c4)ccc3c3cc4c5c6sc7ccccc7c6ccc5n(-c5ccccc5)c4cc32)cc1. The van der Waals surface area contributed by atoms with E-state index in [-0.39, 0.29) is 0 Å². The highest BCUT2D eigenvalue weighted by molar-refractivity contribution is 7.26. The van der Waals surface area contributed by atoms with Crippen LogP contribution in [0.4, 0.5) is 0 Å². The summed E-state index contributed by atoms with van der Waals surface area (Å²) in [7, 11) is 0. The highest BCUT2D eigenvalue weighted by atomic mass is 32.1. The molecule has 3 aromatic heterocycles. The maximum atomic E-state index is 2.47. The Morgan fingerprint density at radius 2 is 0.959 bits per heavy atom. The van der Waals surface area contributed by atoms with E-state index in [1.54, 1.807) is 0 Å². The molecule has 0 fully saturated rings. The van der Waals surface area contributed by atoms with Gasteiger partial charge in [-0.05, 0) is 82.6 Å². The zero-order valence-corrected chi connectivity index (χ0v) is 27.3. The monoisotopic (exact) mass is 640 g/mol. The van der Waals surface area contributed by atoms with Crippen LogP contribution in [0.5, 0.6) is 0 Å². The average molecular weight is 641 g/mol. The van der Waals surface area contributed by atoms with Crippen LogP contribution in [0.25, 0.3) is 97.1 Å². The van der Waals surface area contributed by atoms with Gasteiger partial charge in [-0.15, -0.1) is 11.3 Å². The first-order valence-corrected chi connectivity index (χ1v) is 17.6. The smallest absolute Gasteiger partial charge is 0.0562 e. The van der Waals surface area contributed by atoms with Gasteiger partial charge in [0.2, 0.25) is 0 Å². The van der Waals surface area contributed by atoms with Crippen LogP contribution in [0.15, 0.2) is 170 Å². The molecule has 228 valence electrons. The van der Waals surface area contributed by atoms with Gasteiger partial charge in [0.15, 0.2) is 0 Å². The second kappa shape index (κ2) is 10.2. The molecule has 0 aliphatic carbocycles. The first-order chi connectivity index (χ1) is 24.3. The van der Waals surface area contributed by atoms with Gasteiger partial charge < -0.3 is 9.13 Å². The van der Waals surface area contributed by atoms with Gasteiger partial charge in [-0.25, -0.2) is 0 Å². The molecule has 3 heteroatoms.